The Morgan fingerprint density at radius 2 is 2.06 bits per heavy atom. The number of hydrogen-bond donors (Lipinski definition) is 3. The van der Waals surface area contributed by atoms with E-state index in [9.17, 15) is 9.59 Å². The molecule has 0 spiro atoms. The van der Waals surface area contributed by atoms with Crippen LogP contribution in [0.2, 0.25) is 0 Å². The van der Waals surface area contributed by atoms with Crippen molar-refractivity contribution in [1.29, 1.82) is 0 Å². The van der Waals surface area contributed by atoms with Crippen LogP contribution in [0.25, 0.3) is 11.2 Å². The number of nitrogens with two attached hydrogens (primary N) is 1. The van der Waals surface area contributed by atoms with Crippen molar-refractivity contribution in [2.24, 2.45) is 19.8 Å². The molecule has 0 aliphatic rings. The van der Waals surface area contributed by atoms with E-state index in [1.165, 1.54) is 11.6 Å². The normalized spacial score (nSPS) is 11.1. The summed E-state index contributed by atoms with van der Waals surface area (Å²) in [6, 6.07) is 0. The van der Waals surface area contributed by atoms with Gasteiger partial charge in [0.05, 0.1) is 0 Å². The zero-order valence-corrected chi connectivity index (χ0v) is 10.4. The predicted octanol–water partition coefficient (Wildman–Crippen LogP) is -1.28. The minimum absolute atomic E-state index is 0.315. The van der Waals surface area contributed by atoms with E-state index in [4.69, 9.17) is 5.73 Å². The average Bonchev–Trinajstić information content (AvgIpc) is 2.78. The first-order valence-corrected chi connectivity index (χ1v) is 5.66. The van der Waals surface area contributed by atoms with Gasteiger partial charge in [-0.05, 0) is 13.0 Å². The minimum Gasteiger partial charge on any atom is -0.356 e. The maximum atomic E-state index is 11.9. The lowest BCUT2D eigenvalue weighted by atomic mass is 10.4. The highest BCUT2D eigenvalue weighted by molar-refractivity contribution is 5.72. The van der Waals surface area contributed by atoms with Crippen molar-refractivity contribution < 1.29 is 0 Å². The van der Waals surface area contributed by atoms with Gasteiger partial charge in [0.2, 0.25) is 5.95 Å². The van der Waals surface area contributed by atoms with Crippen LogP contribution in [0.1, 0.15) is 6.42 Å². The molecule has 0 atom stereocenters. The Bertz CT molecular complexity index is 680. The molecule has 0 bridgehead atoms. The second kappa shape index (κ2) is 4.65. The summed E-state index contributed by atoms with van der Waals surface area (Å²) in [6.45, 7) is 1.23. The molecular formula is C10H16N6O2. The largest absolute Gasteiger partial charge is 0.356 e. The van der Waals surface area contributed by atoms with Gasteiger partial charge in [-0.1, -0.05) is 0 Å². The summed E-state index contributed by atoms with van der Waals surface area (Å²) >= 11 is 0. The highest BCUT2D eigenvalue weighted by Crippen LogP contribution is 2.07. The van der Waals surface area contributed by atoms with E-state index in [0.717, 1.165) is 11.0 Å². The van der Waals surface area contributed by atoms with Crippen LogP contribution in [0.4, 0.5) is 5.95 Å². The van der Waals surface area contributed by atoms with E-state index in [2.05, 4.69) is 15.3 Å². The van der Waals surface area contributed by atoms with Crippen LogP contribution in [-0.2, 0) is 14.1 Å². The maximum Gasteiger partial charge on any atom is 0.332 e. The van der Waals surface area contributed by atoms with Crippen LogP contribution in [0, 0.1) is 0 Å². The molecule has 2 aromatic rings. The monoisotopic (exact) mass is 252 g/mol. The van der Waals surface area contributed by atoms with Gasteiger partial charge >= 0.3 is 5.69 Å². The van der Waals surface area contributed by atoms with Gasteiger partial charge in [0.1, 0.15) is 0 Å². The molecule has 18 heavy (non-hydrogen) atoms. The summed E-state index contributed by atoms with van der Waals surface area (Å²) < 4.78 is 2.38. The van der Waals surface area contributed by atoms with Gasteiger partial charge in [0.25, 0.3) is 5.56 Å². The first-order valence-electron chi connectivity index (χ1n) is 5.66. The molecule has 8 nitrogen and oxygen atoms in total. The van der Waals surface area contributed by atoms with E-state index in [1.54, 1.807) is 7.05 Å². The molecule has 0 unspecified atom stereocenters. The third-order valence-corrected chi connectivity index (χ3v) is 2.77. The van der Waals surface area contributed by atoms with Crippen molar-refractivity contribution in [3.05, 3.63) is 20.8 Å². The summed E-state index contributed by atoms with van der Waals surface area (Å²) in [4.78, 5) is 30.6. The lowest BCUT2D eigenvalue weighted by Crippen LogP contribution is -2.36. The van der Waals surface area contributed by atoms with E-state index in [0.29, 0.717) is 30.2 Å². The van der Waals surface area contributed by atoms with Gasteiger partial charge in [-0.25, -0.2) is 4.79 Å². The summed E-state index contributed by atoms with van der Waals surface area (Å²) in [5.74, 6) is 0.469. The van der Waals surface area contributed by atoms with Crippen molar-refractivity contribution in [1.82, 2.24) is 19.1 Å². The third-order valence-electron chi connectivity index (χ3n) is 2.77. The molecule has 0 radical (unpaired) electrons. The van der Waals surface area contributed by atoms with E-state index >= 15 is 0 Å². The smallest absolute Gasteiger partial charge is 0.332 e. The predicted molar refractivity (Wildman–Crippen MR) is 68.7 cm³/mol. The number of anilines is 1. The SMILES string of the molecule is Cn1c(=O)c2[nH]c(NCCCN)nc2n(C)c1=O. The van der Waals surface area contributed by atoms with Crippen LogP contribution < -0.4 is 22.3 Å². The third kappa shape index (κ3) is 1.90. The van der Waals surface area contributed by atoms with Gasteiger partial charge in [0.15, 0.2) is 11.2 Å². The van der Waals surface area contributed by atoms with Crippen molar-refractivity contribution in [2.45, 2.75) is 6.42 Å². The number of imidazole rings is 1. The molecule has 0 saturated carbocycles. The molecule has 0 saturated heterocycles. The van der Waals surface area contributed by atoms with Crippen molar-refractivity contribution in [2.75, 3.05) is 18.4 Å². The number of nitrogens with zero attached hydrogens (tertiary/aromatic N) is 3. The fraction of sp³-hybridized carbons (Fsp3) is 0.500. The summed E-state index contributed by atoms with van der Waals surface area (Å²) in [7, 11) is 3.01. The molecule has 0 fully saturated rings. The number of fused-ring (bicyclic) bond motifs is 1. The van der Waals surface area contributed by atoms with Crippen molar-refractivity contribution >= 4 is 17.1 Å². The Morgan fingerprint density at radius 1 is 1.33 bits per heavy atom. The zero-order chi connectivity index (χ0) is 13.3. The van der Waals surface area contributed by atoms with Gasteiger partial charge in [0, 0.05) is 20.6 Å². The Kier molecular flexibility index (Phi) is 3.19. The minimum atomic E-state index is -0.396. The number of H-pyrrole nitrogens is 1. The number of aromatic nitrogens is 4. The lowest BCUT2D eigenvalue weighted by Gasteiger charge is -2.00. The second-order valence-corrected chi connectivity index (χ2v) is 4.06. The summed E-state index contributed by atoms with van der Waals surface area (Å²) in [6.07, 6.45) is 0.800. The highest BCUT2D eigenvalue weighted by atomic mass is 16.2. The van der Waals surface area contributed by atoms with Crippen LogP contribution in [0.15, 0.2) is 9.59 Å². The number of hydrogen-bond acceptors (Lipinski definition) is 5. The maximum absolute atomic E-state index is 11.9. The van der Waals surface area contributed by atoms with Gasteiger partial charge < -0.3 is 16.0 Å². The molecular weight excluding hydrogens is 236 g/mol. The Morgan fingerprint density at radius 3 is 2.72 bits per heavy atom. The number of rotatable bonds is 4. The molecule has 2 rings (SSSR count). The Balaban J connectivity index is 2.51. The molecule has 8 heteroatoms. The van der Waals surface area contributed by atoms with Crippen molar-refractivity contribution in [3.63, 3.8) is 0 Å². The highest BCUT2D eigenvalue weighted by Gasteiger charge is 2.12. The molecule has 0 aromatic carbocycles. The van der Waals surface area contributed by atoms with Gasteiger partial charge in [-0.15, -0.1) is 0 Å². The summed E-state index contributed by atoms with van der Waals surface area (Å²) in [5, 5.41) is 3.02. The van der Waals surface area contributed by atoms with Crippen LogP contribution in [-0.4, -0.2) is 32.2 Å². The van der Waals surface area contributed by atoms with Gasteiger partial charge in [-0.3, -0.25) is 13.9 Å². The molecule has 0 aliphatic carbocycles. The standard InChI is InChI=1S/C10H16N6O2/c1-15-7-6(8(17)16(2)10(15)18)13-9(14-7)12-5-3-4-11/h3-5,11H2,1-2H3,(H2,12,13,14). The number of aromatic amines is 1. The fourth-order valence-corrected chi connectivity index (χ4v) is 1.72. The first kappa shape index (κ1) is 12.4. The topological polar surface area (TPSA) is 111 Å². The molecule has 0 amide bonds. The fourth-order valence-electron chi connectivity index (χ4n) is 1.72. The Hall–Kier alpha value is -2.09. The van der Waals surface area contributed by atoms with Gasteiger partial charge in [-0.2, -0.15) is 4.98 Å². The molecule has 98 valence electrons. The first-order chi connectivity index (χ1) is 8.56. The molecule has 2 aromatic heterocycles. The van der Waals surface area contributed by atoms with E-state index in [1.807, 2.05) is 0 Å². The summed E-state index contributed by atoms with van der Waals surface area (Å²) in [5.41, 5.74) is 5.27. The lowest BCUT2D eigenvalue weighted by molar-refractivity contribution is 0.709. The molecule has 2 heterocycles. The van der Waals surface area contributed by atoms with Crippen LogP contribution >= 0.6 is 0 Å². The molecule has 4 N–H and O–H groups in total. The number of aryl methyl sites for hydroxylation is 1. The van der Waals surface area contributed by atoms with E-state index < -0.39 is 5.69 Å². The zero-order valence-electron chi connectivity index (χ0n) is 10.4. The molecule has 0 aliphatic heterocycles. The number of nitrogens with one attached hydrogen (secondary N) is 2. The Labute approximate surface area is 102 Å². The van der Waals surface area contributed by atoms with Crippen LogP contribution in [0.3, 0.4) is 0 Å². The van der Waals surface area contributed by atoms with E-state index in [-0.39, 0.29) is 5.56 Å². The van der Waals surface area contributed by atoms with Crippen molar-refractivity contribution in [3.8, 4) is 0 Å². The average molecular weight is 252 g/mol. The quantitative estimate of drug-likeness (QED) is 0.587. The second-order valence-electron chi connectivity index (χ2n) is 4.06. The van der Waals surface area contributed by atoms with Crippen LogP contribution in [0.5, 0.6) is 0 Å².